The average Bonchev–Trinajstić information content (AvgIpc) is 2.64. The minimum Gasteiger partial charge on any atom is -0.352 e. The summed E-state index contributed by atoms with van der Waals surface area (Å²) in [6, 6.07) is 0.208. The zero-order valence-electron chi connectivity index (χ0n) is 9.93. The van der Waals surface area contributed by atoms with Crippen LogP contribution in [0.3, 0.4) is 0 Å². The number of hydrogen-bond acceptors (Lipinski definition) is 4. The van der Waals surface area contributed by atoms with E-state index in [9.17, 15) is 9.59 Å². The van der Waals surface area contributed by atoms with Crippen LogP contribution in [0.15, 0.2) is 0 Å². The highest BCUT2D eigenvalue weighted by molar-refractivity contribution is 8.23. The minimum absolute atomic E-state index is 0.0130. The van der Waals surface area contributed by atoms with Gasteiger partial charge in [0, 0.05) is 24.3 Å². The van der Waals surface area contributed by atoms with E-state index in [4.69, 9.17) is 12.2 Å². The van der Waals surface area contributed by atoms with E-state index < -0.39 is 0 Å². The normalized spacial score (nSPS) is 29.9. The highest BCUT2D eigenvalue weighted by Gasteiger charge is 2.40. The van der Waals surface area contributed by atoms with Crippen molar-refractivity contribution in [1.82, 2.24) is 10.2 Å². The number of thioether (sulfide) groups is 1. The first-order chi connectivity index (χ1) is 8.04. The molecule has 0 aromatic rings. The molecule has 2 amide bonds. The summed E-state index contributed by atoms with van der Waals surface area (Å²) in [6.45, 7) is 3.93. The zero-order chi connectivity index (χ0) is 12.6. The van der Waals surface area contributed by atoms with E-state index >= 15 is 0 Å². The molecule has 0 aromatic carbocycles. The van der Waals surface area contributed by atoms with Crippen molar-refractivity contribution in [3.63, 3.8) is 0 Å². The summed E-state index contributed by atoms with van der Waals surface area (Å²) in [6.07, 6.45) is 1.38. The van der Waals surface area contributed by atoms with E-state index in [-0.39, 0.29) is 29.8 Å². The van der Waals surface area contributed by atoms with Gasteiger partial charge in [-0.05, 0) is 6.42 Å². The molecule has 94 valence electrons. The Labute approximate surface area is 110 Å². The van der Waals surface area contributed by atoms with Crippen molar-refractivity contribution in [2.75, 3.05) is 5.75 Å². The Bertz CT molecular complexity index is 364. The van der Waals surface area contributed by atoms with Crippen LogP contribution in [-0.4, -0.2) is 38.9 Å². The second kappa shape index (κ2) is 4.94. The molecule has 2 rings (SSSR count). The van der Waals surface area contributed by atoms with Crippen LogP contribution in [0.5, 0.6) is 0 Å². The third-order valence-corrected chi connectivity index (χ3v) is 4.96. The van der Waals surface area contributed by atoms with E-state index in [1.165, 1.54) is 0 Å². The summed E-state index contributed by atoms with van der Waals surface area (Å²) in [5.41, 5.74) is 0. The zero-order valence-corrected chi connectivity index (χ0v) is 11.6. The highest BCUT2D eigenvalue weighted by atomic mass is 32.2. The number of rotatable bonds is 3. The van der Waals surface area contributed by atoms with Crippen LogP contribution in [0, 0.1) is 5.92 Å². The van der Waals surface area contributed by atoms with E-state index in [1.54, 1.807) is 16.7 Å². The highest BCUT2D eigenvalue weighted by Crippen LogP contribution is 2.29. The molecule has 2 heterocycles. The number of hydrogen-bond donors (Lipinski definition) is 1. The number of carbonyl (C=O) groups excluding carboxylic acids is 2. The average molecular weight is 272 g/mol. The van der Waals surface area contributed by atoms with Crippen molar-refractivity contribution in [3.8, 4) is 0 Å². The molecule has 17 heavy (non-hydrogen) atoms. The number of β-lactam (4-membered cyclic amide) rings is 1. The van der Waals surface area contributed by atoms with Gasteiger partial charge in [-0.25, -0.2) is 0 Å². The molecular weight excluding hydrogens is 256 g/mol. The standard InChI is InChI=1S/C11H16N2O2S2/c1-3-7-5-17-11(16)13(7)10(15)6(2)8-4-9(14)12-8/h6-8H,3-5H2,1-2H3,(H,12,14)/t6?,7-,8?/m0/s1. The van der Waals surface area contributed by atoms with Gasteiger partial charge in [-0.15, -0.1) is 0 Å². The summed E-state index contributed by atoms with van der Waals surface area (Å²) >= 11 is 6.79. The van der Waals surface area contributed by atoms with Gasteiger partial charge < -0.3 is 5.32 Å². The second-order valence-electron chi connectivity index (χ2n) is 4.51. The fourth-order valence-corrected chi connectivity index (χ4v) is 3.65. The minimum atomic E-state index is -0.182. The molecule has 4 nitrogen and oxygen atoms in total. The Balaban J connectivity index is 2.03. The molecule has 3 atom stereocenters. The third kappa shape index (κ3) is 2.33. The summed E-state index contributed by atoms with van der Waals surface area (Å²) in [4.78, 5) is 25.0. The quantitative estimate of drug-likeness (QED) is 0.618. The van der Waals surface area contributed by atoms with Gasteiger partial charge in [0.1, 0.15) is 4.32 Å². The monoisotopic (exact) mass is 272 g/mol. The first-order valence-electron chi connectivity index (χ1n) is 5.83. The largest absolute Gasteiger partial charge is 0.352 e. The maximum atomic E-state index is 12.3. The molecule has 2 unspecified atom stereocenters. The lowest BCUT2D eigenvalue weighted by molar-refractivity contribution is -0.137. The fraction of sp³-hybridized carbons (Fsp3) is 0.727. The Kier molecular flexibility index (Phi) is 3.73. The number of amides is 2. The molecule has 6 heteroatoms. The van der Waals surface area contributed by atoms with Crippen LogP contribution in [0.4, 0.5) is 0 Å². The molecule has 0 radical (unpaired) electrons. The molecule has 2 fully saturated rings. The van der Waals surface area contributed by atoms with E-state index in [2.05, 4.69) is 12.2 Å². The van der Waals surface area contributed by atoms with Gasteiger partial charge in [0.2, 0.25) is 11.8 Å². The summed E-state index contributed by atoms with van der Waals surface area (Å²) in [7, 11) is 0. The lowest BCUT2D eigenvalue weighted by Gasteiger charge is -2.34. The molecular formula is C11H16N2O2S2. The van der Waals surface area contributed by atoms with Gasteiger partial charge >= 0.3 is 0 Å². The maximum Gasteiger partial charge on any atom is 0.233 e. The number of thiocarbonyl (C=S) groups is 1. The number of nitrogens with one attached hydrogen (secondary N) is 1. The van der Waals surface area contributed by atoms with Crippen LogP contribution in [0.25, 0.3) is 0 Å². The van der Waals surface area contributed by atoms with Crippen molar-refractivity contribution < 1.29 is 9.59 Å². The Morgan fingerprint density at radius 1 is 1.71 bits per heavy atom. The smallest absolute Gasteiger partial charge is 0.233 e. The topological polar surface area (TPSA) is 49.4 Å². The molecule has 2 aliphatic heterocycles. The van der Waals surface area contributed by atoms with Crippen molar-refractivity contribution in [3.05, 3.63) is 0 Å². The van der Waals surface area contributed by atoms with Crippen LogP contribution in [-0.2, 0) is 9.59 Å². The molecule has 0 saturated carbocycles. The molecule has 0 aliphatic carbocycles. The van der Waals surface area contributed by atoms with Gasteiger partial charge in [-0.1, -0.05) is 37.8 Å². The van der Waals surface area contributed by atoms with Crippen molar-refractivity contribution in [1.29, 1.82) is 0 Å². The van der Waals surface area contributed by atoms with Crippen LogP contribution in [0.1, 0.15) is 26.7 Å². The molecule has 0 bridgehead atoms. The van der Waals surface area contributed by atoms with E-state index in [0.29, 0.717) is 10.7 Å². The Hall–Kier alpha value is -0.620. The summed E-state index contributed by atoms with van der Waals surface area (Å²) < 4.78 is 0.680. The van der Waals surface area contributed by atoms with Gasteiger partial charge in [0.05, 0.1) is 5.92 Å². The molecule has 2 saturated heterocycles. The fourth-order valence-electron chi connectivity index (χ4n) is 2.11. The maximum absolute atomic E-state index is 12.3. The number of carbonyl (C=O) groups is 2. The lowest BCUT2D eigenvalue weighted by atomic mass is 9.91. The van der Waals surface area contributed by atoms with Gasteiger partial charge in [-0.3, -0.25) is 14.5 Å². The second-order valence-corrected chi connectivity index (χ2v) is 6.17. The predicted octanol–water partition coefficient (Wildman–Crippen LogP) is 1.15. The van der Waals surface area contributed by atoms with Crippen molar-refractivity contribution >= 4 is 40.1 Å². The Morgan fingerprint density at radius 3 is 2.88 bits per heavy atom. The van der Waals surface area contributed by atoms with Crippen molar-refractivity contribution in [2.45, 2.75) is 38.8 Å². The Morgan fingerprint density at radius 2 is 2.35 bits per heavy atom. The first kappa shape index (κ1) is 12.8. The van der Waals surface area contributed by atoms with Gasteiger partial charge in [0.25, 0.3) is 0 Å². The van der Waals surface area contributed by atoms with Crippen LogP contribution < -0.4 is 5.32 Å². The molecule has 0 spiro atoms. The first-order valence-corrected chi connectivity index (χ1v) is 7.23. The van der Waals surface area contributed by atoms with Gasteiger partial charge in [0.15, 0.2) is 0 Å². The molecule has 0 aromatic heterocycles. The summed E-state index contributed by atoms with van der Waals surface area (Å²) in [5, 5.41) is 2.76. The predicted molar refractivity (Wildman–Crippen MR) is 71.7 cm³/mol. The van der Waals surface area contributed by atoms with Crippen LogP contribution in [0.2, 0.25) is 0 Å². The van der Waals surface area contributed by atoms with E-state index in [1.807, 2.05) is 6.92 Å². The lowest BCUT2D eigenvalue weighted by Crippen LogP contribution is -2.56. The van der Waals surface area contributed by atoms with Crippen molar-refractivity contribution in [2.24, 2.45) is 5.92 Å². The van der Waals surface area contributed by atoms with Gasteiger partial charge in [-0.2, -0.15) is 0 Å². The SMILES string of the molecule is CC[C@H]1CSC(=S)N1C(=O)C(C)C1CC(=O)N1. The summed E-state index contributed by atoms with van der Waals surface area (Å²) in [5.74, 6) is 0.792. The van der Waals surface area contributed by atoms with Crippen LogP contribution >= 0.6 is 24.0 Å². The van der Waals surface area contributed by atoms with E-state index in [0.717, 1.165) is 12.2 Å². The molecule has 2 aliphatic rings. The molecule has 1 N–H and O–H groups in total. The third-order valence-electron chi connectivity index (χ3n) is 3.41. The number of nitrogens with zero attached hydrogens (tertiary/aromatic N) is 1.